The molecule has 0 radical (unpaired) electrons. The largest absolute Gasteiger partial charge is 0.501 e. The molecule has 0 unspecified atom stereocenters. The monoisotopic (exact) mass is 140 g/mol. The predicted octanol–water partition coefficient (Wildman–Crippen LogP) is 1.84. The zero-order valence-electron chi connectivity index (χ0n) is 6.01. The maximum atomic E-state index is 5.04. The molecule has 0 saturated carbocycles. The van der Waals surface area contributed by atoms with Gasteiger partial charge in [0.25, 0.3) is 0 Å². The lowest BCUT2D eigenvalue weighted by molar-refractivity contribution is 0.254. The summed E-state index contributed by atoms with van der Waals surface area (Å²) in [6.45, 7) is 5.01. The molecular weight excluding hydrogens is 128 g/mol. The smallest absolute Gasteiger partial charge is 0.0911 e. The Labute approximate surface area is 61.1 Å². The van der Waals surface area contributed by atoms with E-state index in [0.717, 1.165) is 26.1 Å². The summed E-state index contributed by atoms with van der Waals surface area (Å²) >= 11 is 0. The summed E-state index contributed by atoms with van der Waals surface area (Å²) in [4.78, 5) is 0. The van der Waals surface area contributed by atoms with Crippen LogP contribution in [0, 0.1) is 0 Å². The van der Waals surface area contributed by atoms with Crippen molar-refractivity contribution in [2.45, 2.75) is 12.8 Å². The van der Waals surface area contributed by atoms with Gasteiger partial charge in [0, 0.05) is 12.8 Å². The van der Waals surface area contributed by atoms with Crippen molar-refractivity contribution in [3.05, 3.63) is 24.7 Å². The molecule has 0 fully saturated rings. The van der Waals surface area contributed by atoms with Crippen LogP contribution in [0.15, 0.2) is 24.7 Å². The Hall–Kier alpha value is -0.920. The van der Waals surface area contributed by atoms with Crippen LogP contribution in [-0.4, -0.2) is 13.2 Å². The Morgan fingerprint density at radius 2 is 2.70 bits per heavy atom. The summed E-state index contributed by atoms with van der Waals surface area (Å²) in [7, 11) is 0. The van der Waals surface area contributed by atoms with E-state index < -0.39 is 0 Å². The van der Waals surface area contributed by atoms with Crippen molar-refractivity contribution in [2.24, 2.45) is 0 Å². The van der Waals surface area contributed by atoms with E-state index in [0.29, 0.717) is 0 Å². The highest BCUT2D eigenvalue weighted by Crippen LogP contribution is 2.13. The molecule has 2 heteroatoms. The van der Waals surface area contributed by atoms with Gasteiger partial charge in [-0.3, -0.25) is 0 Å². The van der Waals surface area contributed by atoms with E-state index in [2.05, 4.69) is 6.58 Å². The summed E-state index contributed by atoms with van der Waals surface area (Å²) in [6, 6.07) is 0. The molecule has 10 heavy (non-hydrogen) atoms. The molecule has 0 saturated heterocycles. The third-order valence-corrected chi connectivity index (χ3v) is 1.45. The second-order valence-corrected chi connectivity index (χ2v) is 2.18. The van der Waals surface area contributed by atoms with Crippen molar-refractivity contribution in [1.82, 2.24) is 0 Å². The summed E-state index contributed by atoms with van der Waals surface area (Å²) in [5.41, 5.74) is 1.34. The third-order valence-electron chi connectivity index (χ3n) is 1.45. The Kier molecular flexibility index (Phi) is 2.87. The summed E-state index contributed by atoms with van der Waals surface area (Å²) in [5.74, 6) is 0. The maximum absolute atomic E-state index is 5.04. The molecular formula is C8H12O2. The fraction of sp³-hybridized carbons (Fsp3) is 0.500. The summed E-state index contributed by atoms with van der Waals surface area (Å²) in [5, 5.41) is 0. The van der Waals surface area contributed by atoms with E-state index in [1.54, 1.807) is 0 Å². The van der Waals surface area contributed by atoms with Gasteiger partial charge in [-0.25, -0.2) is 0 Å². The number of hydrogen-bond acceptors (Lipinski definition) is 2. The van der Waals surface area contributed by atoms with Crippen LogP contribution < -0.4 is 0 Å². The standard InChI is InChI=1S/C8H12O2/c1-2-9-5-3-8-4-6-10-7-8/h2,7H,1,3-6H2. The zero-order chi connectivity index (χ0) is 7.23. The van der Waals surface area contributed by atoms with Crippen molar-refractivity contribution >= 4 is 0 Å². The first-order chi connectivity index (χ1) is 4.93. The van der Waals surface area contributed by atoms with Crippen LogP contribution in [0.1, 0.15) is 12.8 Å². The predicted molar refractivity (Wildman–Crippen MR) is 39.4 cm³/mol. The minimum atomic E-state index is 0.721. The molecule has 0 aliphatic carbocycles. The fourth-order valence-electron chi connectivity index (χ4n) is 0.883. The Morgan fingerprint density at radius 1 is 1.80 bits per heavy atom. The van der Waals surface area contributed by atoms with Gasteiger partial charge in [0.2, 0.25) is 0 Å². The second kappa shape index (κ2) is 3.99. The van der Waals surface area contributed by atoms with Gasteiger partial charge in [0.1, 0.15) is 0 Å². The number of ether oxygens (including phenoxy) is 2. The molecule has 0 aromatic rings. The van der Waals surface area contributed by atoms with Gasteiger partial charge in [0.05, 0.1) is 25.7 Å². The van der Waals surface area contributed by atoms with Crippen LogP contribution in [-0.2, 0) is 9.47 Å². The molecule has 56 valence electrons. The van der Waals surface area contributed by atoms with Crippen LogP contribution in [0.5, 0.6) is 0 Å². The van der Waals surface area contributed by atoms with Gasteiger partial charge >= 0.3 is 0 Å². The van der Waals surface area contributed by atoms with Crippen LogP contribution >= 0.6 is 0 Å². The van der Waals surface area contributed by atoms with Crippen molar-refractivity contribution in [3.8, 4) is 0 Å². The molecule has 0 bridgehead atoms. The van der Waals surface area contributed by atoms with E-state index in [-0.39, 0.29) is 0 Å². The van der Waals surface area contributed by atoms with Gasteiger partial charge in [-0.15, -0.1) is 0 Å². The van der Waals surface area contributed by atoms with Gasteiger partial charge in [-0.1, -0.05) is 6.58 Å². The molecule has 1 heterocycles. The average molecular weight is 140 g/mol. The minimum absolute atomic E-state index is 0.721. The fourth-order valence-corrected chi connectivity index (χ4v) is 0.883. The average Bonchev–Trinajstić information content (AvgIpc) is 2.41. The Bertz CT molecular complexity index is 138. The first kappa shape index (κ1) is 7.19. The summed E-state index contributed by atoms with van der Waals surface area (Å²) in [6.07, 6.45) is 5.31. The van der Waals surface area contributed by atoms with E-state index >= 15 is 0 Å². The first-order valence-corrected chi connectivity index (χ1v) is 3.45. The minimum Gasteiger partial charge on any atom is -0.501 e. The molecule has 1 rings (SSSR count). The molecule has 0 aromatic heterocycles. The van der Waals surface area contributed by atoms with E-state index in [4.69, 9.17) is 9.47 Å². The van der Waals surface area contributed by atoms with Crippen LogP contribution in [0.25, 0.3) is 0 Å². The number of hydrogen-bond donors (Lipinski definition) is 0. The topological polar surface area (TPSA) is 18.5 Å². The first-order valence-electron chi connectivity index (χ1n) is 3.45. The van der Waals surface area contributed by atoms with Crippen molar-refractivity contribution < 1.29 is 9.47 Å². The SMILES string of the molecule is C=COCCC1=COCC1. The van der Waals surface area contributed by atoms with Crippen molar-refractivity contribution in [2.75, 3.05) is 13.2 Å². The van der Waals surface area contributed by atoms with Crippen molar-refractivity contribution in [3.63, 3.8) is 0 Å². The normalized spacial score (nSPS) is 15.8. The van der Waals surface area contributed by atoms with Gasteiger partial charge in [-0.2, -0.15) is 0 Å². The number of rotatable bonds is 4. The van der Waals surface area contributed by atoms with Gasteiger partial charge in [-0.05, 0) is 5.57 Å². The van der Waals surface area contributed by atoms with Crippen LogP contribution in [0.4, 0.5) is 0 Å². The van der Waals surface area contributed by atoms with Crippen LogP contribution in [0.2, 0.25) is 0 Å². The molecule has 0 spiro atoms. The van der Waals surface area contributed by atoms with Crippen LogP contribution in [0.3, 0.4) is 0 Å². The highest BCUT2D eigenvalue weighted by Gasteiger charge is 2.03. The lowest BCUT2D eigenvalue weighted by Crippen LogP contribution is -1.89. The molecule has 2 nitrogen and oxygen atoms in total. The third kappa shape index (κ3) is 2.13. The lowest BCUT2D eigenvalue weighted by atomic mass is 10.2. The van der Waals surface area contributed by atoms with Crippen molar-refractivity contribution in [1.29, 1.82) is 0 Å². The molecule has 0 amide bonds. The van der Waals surface area contributed by atoms with Gasteiger partial charge < -0.3 is 9.47 Å². The maximum Gasteiger partial charge on any atom is 0.0911 e. The molecule has 0 N–H and O–H groups in total. The van der Waals surface area contributed by atoms with Gasteiger partial charge in [0.15, 0.2) is 0 Å². The highest BCUT2D eigenvalue weighted by atomic mass is 16.5. The highest BCUT2D eigenvalue weighted by molar-refractivity contribution is 5.01. The molecule has 1 aliphatic rings. The Balaban J connectivity index is 2.06. The second-order valence-electron chi connectivity index (χ2n) is 2.18. The molecule has 1 aliphatic heterocycles. The zero-order valence-corrected chi connectivity index (χ0v) is 6.01. The van der Waals surface area contributed by atoms with E-state index in [9.17, 15) is 0 Å². The summed E-state index contributed by atoms with van der Waals surface area (Å²) < 4.78 is 10.0. The van der Waals surface area contributed by atoms with E-state index in [1.165, 1.54) is 11.8 Å². The Morgan fingerprint density at radius 3 is 3.30 bits per heavy atom. The molecule has 0 aromatic carbocycles. The lowest BCUT2D eigenvalue weighted by Gasteiger charge is -1.98. The quantitative estimate of drug-likeness (QED) is 0.438. The molecule has 0 atom stereocenters. The van der Waals surface area contributed by atoms with E-state index in [1.807, 2.05) is 6.26 Å².